The summed E-state index contributed by atoms with van der Waals surface area (Å²) in [7, 11) is 0. The third-order valence-corrected chi connectivity index (χ3v) is 34.0. The van der Waals surface area contributed by atoms with Gasteiger partial charge in [0, 0.05) is 0 Å². The zero-order valence-electron chi connectivity index (χ0n) is 34.3. The molecule has 6 aromatic rings. The average Bonchev–Trinajstić information content (AvgIpc) is 3.76. The minimum Gasteiger partial charge on any atom is -1.00 e. The molecule has 0 amide bonds. The van der Waals surface area contributed by atoms with Crippen LogP contribution in [0.15, 0.2) is 108 Å². The fourth-order valence-corrected chi connectivity index (χ4v) is 33.0. The van der Waals surface area contributed by atoms with E-state index in [-0.39, 0.29) is 88.0 Å². The summed E-state index contributed by atoms with van der Waals surface area (Å²) in [6, 6.07) is 20.9. The topological polar surface area (TPSA) is 0 Å². The molecule has 0 heterocycles. The van der Waals surface area contributed by atoms with E-state index in [0.717, 1.165) is 22.3 Å². The molecule has 16 heteroatoms. The Balaban J connectivity index is 0.00000340. The molecule has 2 aliphatic carbocycles. The fraction of sp³-hybridized carbons (Fsp3) is 0.250. The molecule has 0 fully saturated rings. The van der Waals surface area contributed by atoms with Crippen LogP contribution in [0.4, 0.5) is 52.7 Å². The Bertz CT molecular complexity index is 2650. The second-order valence-corrected chi connectivity index (χ2v) is 36.1. The predicted molar refractivity (Wildman–Crippen MR) is 220 cm³/mol. The first kappa shape index (κ1) is 49.6. The summed E-state index contributed by atoms with van der Waals surface area (Å²) in [5.74, 6) is -1.70. The van der Waals surface area contributed by atoms with E-state index in [2.05, 4.69) is 13.1 Å². The van der Waals surface area contributed by atoms with E-state index in [4.69, 9.17) is 0 Å². The monoisotopic (exact) mass is 1030 g/mol. The molecule has 2 unspecified atom stereocenters. The minimum atomic E-state index is -5.14. The number of halogens is 14. The molecule has 0 nitrogen and oxygen atoms in total. The van der Waals surface area contributed by atoms with Crippen LogP contribution in [-0.2, 0) is 45.6 Å². The predicted octanol–water partition coefficient (Wildman–Crippen LogP) is 10.4. The van der Waals surface area contributed by atoms with Crippen LogP contribution >= 0.6 is 0 Å². The van der Waals surface area contributed by atoms with Gasteiger partial charge in [-0.25, -0.2) is 0 Å². The van der Waals surface area contributed by atoms with Crippen molar-refractivity contribution in [2.75, 3.05) is 0 Å². The Hall–Kier alpha value is -3.84. The largest absolute Gasteiger partial charge is 1.00 e. The molecule has 0 bridgehead atoms. The number of benzene rings is 6. The van der Waals surface area contributed by atoms with Crippen molar-refractivity contribution in [1.82, 2.24) is 0 Å². The van der Waals surface area contributed by atoms with Gasteiger partial charge in [0.1, 0.15) is 0 Å². The van der Waals surface area contributed by atoms with Gasteiger partial charge in [0.2, 0.25) is 0 Å². The van der Waals surface area contributed by atoms with E-state index in [1.54, 1.807) is 12.1 Å². The summed E-state index contributed by atoms with van der Waals surface area (Å²) in [6.07, 6.45) is -15.6. The van der Waals surface area contributed by atoms with E-state index in [9.17, 15) is 52.7 Å². The molecule has 0 N–H and O–H groups in total. The van der Waals surface area contributed by atoms with Crippen LogP contribution in [0.25, 0.3) is 56.0 Å². The van der Waals surface area contributed by atoms with Gasteiger partial charge in [-0.2, -0.15) is 0 Å². The number of alkyl halides is 12. The molecule has 0 saturated heterocycles. The maximum absolute atomic E-state index is 15.0. The molecule has 0 saturated carbocycles. The quantitative estimate of drug-likeness (QED) is 0.110. The fourth-order valence-electron chi connectivity index (χ4n) is 9.84. The summed E-state index contributed by atoms with van der Waals surface area (Å²) in [6.45, 7) is 8.34. The molecular formula is C48H37Cl2F12SiZr. The normalized spacial score (nSPS) is 16.3. The minimum absolute atomic E-state index is 0. The maximum atomic E-state index is 15.0. The van der Waals surface area contributed by atoms with Gasteiger partial charge in [-0.05, 0) is 0 Å². The zero-order chi connectivity index (χ0) is 44.8. The summed E-state index contributed by atoms with van der Waals surface area (Å²) >= 11 is -3.12. The van der Waals surface area contributed by atoms with Gasteiger partial charge < -0.3 is 24.8 Å². The number of fused-ring (bicyclic) bond motifs is 4. The van der Waals surface area contributed by atoms with E-state index < -0.39 is 73.8 Å². The van der Waals surface area contributed by atoms with Crippen molar-refractivity contribution in [2.45, 2.75) is 71.7 Å². The Morgan fingerprint density at radius 2 is 0.781 bits per heavy atom. The van der Waals surface area contributed by atoms with Crippen LogP contribution in [0.3, 0.4) is 0 Å². The van der Waals surface area contributed by atoms with Gasteiger partial charge >= 0.3 is 360 Å². The van der Waals surface area contributed by atoms with Gasteiger partial charge in [0.05, 0.1) is 0 Å². The van der Waals surface area contributed by atoms with Crippen LogP contribution in [0.2, 0.25) is 13.1 Å². The number of hydrogen-bond donors (Lipinski definition) is 0. The number of rotatable bonds is 7. The number of allylic oxidation sites excluding steroid dienone is 2. The van der Waals surface area contributed by atoms with Crippen LogP contribution in [0.5, 0.6) is 0 Å². The van der Waals surface area contributed by atoms with E-state index in [1.807, 2.05) is 38.1 Å². The van der Waals surface area contributed by atoms with Gasteiger partial charge in [-0.1, -0.05) is 0 Å². The molecule has 8 rings (SSSR count). The van der Waals surface area contributed by atoms with Crippen molar-refractivity contribution in [3.63, 3.8) is 0 Å². The van der Waals surface area contributed by atoms with Crippen molar-refractivity contribution in [1.29, 1.82) is 0 Å². The molecule has 0 aliphatic heterocycles. The molecule has 2 atom stereocenters. The van der Waals surface area contributed by atoms with E-state index in [1.165, 1.54) is 60.7 Å². The molecule has 0 aromatic heterocycles. The maximum Gasteiger partial charge on any atom is -1.00 e. The van der Waals surface area contributed by atoms with Crippen LogP contribution in [-0.4, -0.2) is 5.92 Å². The first-order valence-electron chi connectivity index (χ1n) is 20.0. The van der Waals surface area contributed by atoms with Crippen molar-refractivity contribution in [3.8, 4) is 22.3 Å². The Morgan fingerprint density at radius 3 is 1.08 bits per heavy atom. The molecule has 335 valence electrons. The third kappa shape index (κ3) is 8.43. The molecule has 0 radical (unpaired) electrons. The van der Waals surface area contributed by atoms with Gasteiger partial charge in [0.15, 0.2) is 0 Å². The van der Waals surface area contributed by atoms with Gasteiger partial charge in [-0.15, -0.1) is 0 Å². The molecular weight excluding hydrogens is 995 g/mol. The Morgan fingerprint density at radius 1 is 0.453 bits per heavy atom. The van der Waals surface area contributed by atoms with E-state index in [0.29, 0.717) is 24.0 Å². The third-order valence-electron chi connectivity index (χ3n) is 12.3. The Kier molecular flexibility index (Phi) is 13.8. The second-order valence-electron chi connectivity index (χ2n) is 16.1. The second kappa shape index (κ2) is 17.8. The average molecular weight is 1030 g/mol. The molecule has 2 aliphatic rings. The summed E-state index contributed by atoms with van der Waals surface area (Å²) in [5.41, 5.74) is -1.34. The first-order valence-corrected chi connectivity index (χ1v) is 30.0. The van der Waals surface area contributed by atoms with Crippen molar-refractivity contribution >= 4 is 39.6 Å². The van der Waals surface area contributed by atoms with Crippen molar-refractivity contribution < 1.29 is 98.4 Å². The van der Waals surface area contributed by atoms with E-state index >= 15 is 0 Å². The SMILES string of the molecule is CCC1=Cc2c(-c3c(C(F)(F)F)cc(C(F)(F)F)c4ccccc34)cccc2[CH]1[Zr+2]([CH]1C(CC)=Cc2c(-c3c(C(F)(F)F)cc(C(F)(F)F)c4ccccc34)cccc21)[SiH](C)C.[Cl-].[Cl-]. The molecule has 64 heavy (non-hydrogen) atoms. The van der Waals surface area contributed by atoms with Crippen LogP contribution in [0.1, 0.15) is 78.4 Å². The van der Waals surface area contributed by atoms with Crippen LogP contribution < -0.4 is 24.8 Å². The van der Waals surface area contributed by atoms with Gasteiger partial charge in [-0.3, -0.25) is 0 Å². The zero-order valence-corrected chi connectivity index (χ0v) is 39.5. The number of hydrogen-bond acceptors (Lipinski definition) is 0. The van der Waals surface area contributed by atoms with Crippen molar-refractivity contribution in [3.05, 3.63) is 153 Å². The van der Waals surface area contributed by atoms with Crippen LogP contribution in [0, 0.1) is 0 Å². The molecule has 0 spiro atoms. The Labute approximate surface area is 382 Å². The van der Waals surface area contributed by atoms with Crippen molar-refractivity contribution in [2.24, 2.45) is 0 Å². The van der Waals surface area contributed by atoms with Gasteiger partial charge in [0.25, 0.3) is 0 Å². The smallest absolute Gasteiger partial charge is 1.00 e. The summed E-state index contributed by atoms with van der Waals surface area (Å²) < 4.78 is 175. The first-order chi connectivity index (χ1) is 29.1. The summed E-state index contributed by atoms with van der Waals surface area (Å²) in [4.78, 5) is 0. The molecule has 6 aromatic carbocycles. The standard InChI is InChI=1S/2C23H15F6.C2H7Si.2ClH.Zr/c2*1-2-13-10-14-6-5-9-17(18(14)11-13)21-16-8-4-3-7-15(16)19(22(24,25)26)12-20(21)23(27,28)29;1-3-2;;;/h2*3-12H,2H2,1H3;3H,1-2H3;2*1H;/q;;;;;+2/p-2. The summed E-state index contributed by atoms with van der Waals surface area (Å²) in [5, 5.41) is -1.08.